The van der Waals surface area contributed by atoms with Crippen LogP contribution >= 0.6 is 27.5 Å². The minimum absolute atomic E-state index is 0.130. The molecule has 0 aromatic heterocycles. The molecule has 0 fully saturated rings. The van der Waals surface area contributed by atoms with E-state index >= 15 is 0 Å². The Labute approximate surface area is 187 Å². The molecule has 3 aromatic carbocycles. The van der Waals surface area contributed by atoms with Gasteiger partial charge in [0.05, 0.1) is 5.56 Å². The third-order valence-electron chi connectivity index (χ3n) is 4.75. The van der Waals surface area contributed by atoms with Crippen LogP contribution in [0.5, 0.6) is 11.5 Å². The minimum atomic E-state index is -0.187. The van der Waals surface area contributed by atoms with Crippen molar-refractivity contribution in [3.05, 3.63) is 98.2 Å². The van der Waals surface area contributed by atoms with Crippen molar-refractivity contribution < 1.29 is 19.1 Å². The van der Waals surface area contributed by atoms with Crippen LogP contribution < -0.4 is 9.47 Å². The second-order valence-electron chi connectivity index (χ2n) is 6.75. The molecule has 0 spiro atoms. The molecule has 30 heavy (non-hydrogen) atoms. The number of halogens is 2. The van der Waals surface area contributed by atoms with E-state index in [4.69, 9.17) is 21.1 Å². The molecule has 4 nitrogen and oxygen atoms in total. The molecule has 4 rings (SSSR count). The molecule has 6 heteroatoms. The zero-order chi connectivity index (χ0) is 21.3. The van der Waals surface area contributed by atoms with Gasteiger partial charge in [0, 0.05) is 20.6 Å². The number of carbonyl (C=O) groups is 2. The Hall–Kier alpha value is -2.89. The predicted octanol–water partition coefficient (Wildman–Crippen LogP) is 6.29. The number of carbonyl (C=O) groups excluding carboxylic acids is 2. The number of ether oxygens (including phenoxy) is 2. The van der Waals surface area contributed by atoms with Gasteiger partial charge in [-0.2, -0.15) is 0 Å². The molecule has 1 aliphatic rings. The van der Waals surface area contributed by atoms with Crippen LogP contribution in [0.25, 0.3) is 6.08 Å². The van der Waals surface area contributed by atoms with E-state index in [0.717, 1.165) is 10.0 Å². The van der Waals surface area contributed by atoms with Crippen molar-refractivity contribution in [2.75, 3.05) is 6.61 Å². The first-order valence-electron chi connectivity index (χ1n) is 9.18. The standard InChI is InChI=1S/C24H16BrClO4/c1-14-21(29-13-20(27)15-6-8-17(26)9-7-15)11-10-18-23(28)22(30-24(14)18)12-16-4-2-3-5-19(16)25/h2-12H,13H2,1H3/b22-12-. The second-order valence-corrected chi connectivity index (χ2v) is 8.04. The van der Waals surface area contributed by atoms with Crippen molar-refractivity contribution >= 4 is 45.2 Å². The lowest BCUT2D eigenvalue weighted by molar-refractivity contribution is 0.0920. The molecule has 1 aliphatic heterocycles. The maximum atomic E-state index is 12.7. The highest BCUT2D eigenvalue weighted by Crippen LogP contribution is 2.39. The molecule has 1 heterocycles. The Bertz CT molecular complexity index is 1180. The van der Waals surface area contributed by atoms with E-state index in [0.29, 0.717) is 33.2 Å². The number of benzene rings is 3. The molecule has 3 aromatic rings. The predicted molar refractivity (Wildman–Crippen MR) is 120 cm³/mol. The highest BCUT2D eigenvalue weighted by Gasteiger charge is 2.30. The maximum Gasteiger partial charge on any atom is 0.231 e. The fourth-order valence-electron chi connectivity index (χ4n) is 3.12. The van der Waals surface area contributed by atoms with Crippen LogP contribution in [-0.4, -0.2) is 18.2 Å². The van der Waals surface area contributed by atoms with Crippen molar-refractivity contribution in [3.63, 3.8) is 0 Å². The second kappa shape index (κ2) is 8.46. The summed E-state index contributed by atoms with van der Waals surface area (Å²) >= 11 is 9.33. The van der Waals surface area contributed by atoms with Gasteiger partial charge in [-0.1, -0.05) is 45.7 Å². The number of fused-ring (bicyclic) bond motifs is 1. The van der Waals surface area contributed by atoms with Crippen molar-refractivity contribution in [2.45, 2.75) is 6.92 Å². The third kappa shape index (κ3) is 4.04. The average molecular weight is 484 g/mol. The summed E-state index contributed by atoms with van der Waals surface area (Å²) in [6.07, 6.45) is 1.70. The fourth-order valence-corrected chi connectivity index (χ4v) is 3.65. The quantitative estimate of drug-likeness (QED) is 0.316. The van der Waals surface area contributed by atoms with Crippen LogP contribution in [0.2, 0.25) is 5.02 Å². The largest absolute Gasteiger partial charge is 0.485 e. The first kappa shape index (κ1) is 20.4. The average Bonchev–Trinajstić information content (AvgIpc) is 3.06. The van der Waals surface area contributed by atoms with Crippen molar-refractivity contribution in [1.82, 2.24) is 0 Å². The molecule has 0 atom stereocenters. The lowest BCUT2D eigenvalue weighted by Crippen LogP contribution is -2.12. The van der Waals surface area contributed by atoms with Gasteiger partial charge >= 0.3 is 0 Å². The van der Waals surface area contributed by atoms with Crippen LogP contribution in [0.15, 0.2) is 70.9 Å². The molecule has 150 valence electrons. The van der Waals surface area contributed by atoms with Gasteiger partial charge in [0.15, 0.2) is 18.1 Å². The van der Waals surface area contributed by atoms with Crippen LogP contribution in [0.3, 0.4) is 0 Å². The number of hydrogen-bond acceptors (Lipinski definition) is 4. The van der Waals surface area contributed by atoms with Gasteiger partial charge in [-0.3, -0.25) is 9.59 Å². The molecular weight excluding hydrogens is 468 g/mol. The fraction of sp³-hybridized carbons (Fsp3) is 0.0833. The first-order valence-corrected chi connectivity index (χ1v) is 10.3. The van der Waals surface area contributed by atoms with Gasteiger partial charge in [0.25, 0.3) is 0 Å². The Balaban J connectivity index is 1.54. The number of Topliss-reactive ketones (excluding diaryl/α,β-unsaturated/α-hetero) is 2. The maximum absolute atomic E-state index is 12.7. The summed E-state index contributed by atoms with van der Waals surface area (Å²) in [5, 5.41) is 0.565. The molecular formula is C24H16BrClO4. The molecule has 0 N–H and O–H groups in total. The molecule has 0 radical (unpaired) electrons. The Morgan fingerprint density at radius 1 is 1.10 bits per heavy atom. The molecule has 0 saturated heterocycles. The molecule has 0 saturated carbocycles. The third-order valence-corrected chi connectivity index (χ3v) is 5.73. The summed E-state index contributed by atoms with van der Waals surface area (Å²) in [5.74, 6) is 0.834. The van der Waals surface area contributed by atoms with Gasteiger partial charge < -0.3 is 9.47 Å². The lowest BCUT2D eigenvalue weighted by atomic mass is 10.1. The van der Waals surface area contributed by atoms with Gasteiger partial charge in [-0.05, 0) is 61.0 Å². The molecule has 0 amide bonds. The van der Waals surface area contributed by atoms with Gasteiger partial charge in [-0.25, -0.2) is 0 Å². The van der Waals surface area contributed by atoms with Crippen LogP contribution in [0.4, 0.5) is 0 Å². The summed E-state index contributed by atoms with van der Waals surface area (Å²) in [5.41, 5.74) is 2.50. The Kier molecular flexibility index (Phi) is 5.75. The number of ketones is 2. The van der Waals surface area contributed by atoms with E-state index < -0.39 is 0 Å². The number of hydrogen-bond donors (Lipinski definition) is 0. The van der Waals surface area contributed by atoms with Crippen molar-refractivity contribution in [3.8, 4) is 11.5 Å². The summed E-state index contributed by atoms with van der Waals surface area (Å²) in [6, 6.07) is 17.6. The molecule has 0 aliphatic carbocycles. The van der Waals surface area contributed by atoms with E-state index in [1.807, 2.05) is 24.3 Å². The van der Waals surface area contributed by atoms with Crippen molar-refractivity contribution in [2.24, 2.45) is 0 Å². The Morgan fingerprint density at radius 2 is 1.83 bits per heavy atom. The first-order chi connectivity index (χ1) is 14.4. The van der Waals surface area contributed by atoms with Crippen LogP contribution in [0.1, 0.15) is 31.8 Å². The van der Waals surface area contributed by atoms with Crippen LogP contribution in [-0.2, 0) is 0 Å². The van der Waals surface area contributed by atoms with E-state index in [9.17, 15) is 9.59 Å². The SMILES string of the molecule is Cc1c(OCC(=O)c2ccc(Cl)cc2)ccc2c1O/C(=C\c1ccccc1Br)C2=O. The van der Waals surface area contributed by atoms with Gasteiger partial charge in [0.1, 0.15) is 11.5 Å². The van der Waals surface area contributed by atoms with Crippen molar-refractivity contribution in [1.29, 1.82) is 0 Å². The van der Waals surface area contributed by atoms with Gasteiger partial charge in [-0.15, -0.1) is 0 Å². The Morgan fingerprint density at radius 3 is 2.57 bits per heavy atom. The minimum Gasteiger partial charge on any atom is -0.485 e. The zero-order valence-corrected chi connectivity index (χ0v) is 18.3. The van der Waals surface area contributed by atoms with E-state index in [2.05, 4.69) is 15.9 Å². The number of allylic oxidation sites excluding steroid dienone is 1. The molecule has 0 unspecified atom stereocenters. The number of rotatable bonds is 5. The lowest BCUT2D eigenvalue weighted by Gasteiger charge is -2.11. The highest BCUT2D eigenvalue weighted by atomic mass is 79.9. The summed E-state index contributed by atoms with van der Waals surface area (Å²) in [6.45, 7) is 1.67. The highest BCUT2D eigenvalue weighted by molar-refractivity contribution is 9.10. The normalized spacial score (nSPS) is 13.8. The van der Waals surface area contributed by atoms with E-state index in [1.165, 1.54) is 0 Å². The van der Waals surface area contributed by atoms with Gasteiger partial charge in [0.2, 0.25) is 5.78 Å². The summed E-state index contributed by atoms with van der Waals surface area (Å²) in [4.78, 5) is 25.1. The zero-order valence-electron chi connectivity index (χ0n) is 15.9. The summed E-state index contributed by atoms with van der Waals surface area (Å²) < 4.78 is 12.4. The molecule has 0 bridgehead atoms. The smallest absolute Gasteiger partial charge is 0.231 e. The monoisotopic (exact) mass is 482 g/mol. The van der Waals surface area contributed by atoms with E-state index in [-0.39, 0.29) is 23.9 Å². The van der Waals surface area contributed by atoms with Crippen LogP contribution in [0, 0.1) is 6.92 Å². The van der Waals surface area contributed by atoms with E-state index in [1.54, 1.807) is 49.4 Å². The summed E-state index contributed by atoms with van der Waals surface area (Å²) in [7, 11) is 0. The topological polar surface area (TPSA) is 52.6 Å².